The number of nitrogens with one attached hydrogen (secondary N) is 1. The summed E-state index contributed by atoms with van der Waals surface area (Å²) in [4.78, 5) is 26.1. The second-order valence-electron chi connectivity index (χ2n) is 7.12. The predicted octanol–water partition coefficient (Wildman–Crippen LogP) is 4.63. The summed E-state index contributed by atoms with van der Waals surface area (Å²) in [6.45, 7) is 6.86. The molecule has 0 saturated carbocycles. The van der Waals surface area contributed by atoms with Crippen molar-refractivity contribution in [3.05, 3.63) is 41.0 Å². The fourth-order valence-corrected chi connectivity index (χ4v) is 3.48. The van der Waals surface area contributed by atoms with Gasteiger partial charge in [-0.05, 0) is 56.6 Å². The van der Waals surface area contributed by atoms with Crippen molar-refractivity contribution in [3.8, 4) is 0 Å². The molecule has 0 aliphatic heterocycles. The number of hydrogen-bond donors (Lipinski definition) is 1. The zero-order valence-corrected chi connectivity index (χ0v) is 16.4. The highest BCUT2D eigenvalue weighted by atomic mass is 16.2. The molecule has 1 aliphatic carbocycles. The first-order chi connectivity index (χ1) is 12.5. The van der Waals surface area contributed by atoms with Crippen LogP contribution in [0.15, 0.2) is 29.8 Å². The second kappa shape index (κ2) is 10.1. The van der Waals surface area contributed by atoms with Crippen LogP contribution in [0.4, 0.5) is 5.69 Å². The summed E-state index contributed by atoms with van der Waals surface area (Å²) in [5.74, 6) is 0.0106. The van der Waals surface area contributed by atoms with Gasteiger partial charge in [0.15, 0.2) is 0 Å². The lowest BCUT2D eigenvalue weighted by Crippen LogP contribution is -2.33. The van der Waals surface area contributed by atoms with Crippen LogP contribution >= 0.6 is 0 Å². The molecule has 0 bridgehead atoms. The molecule has 1 aliphatic rings. The first kappa shape index (κ1) is 20.2. The van der Waals surface area contributed by atoms with Crippen LogP contribution < -0.4 is 5.32 Å². The van der Waals surface area contributed by atoms with Crippen molar-refractivity contribution >= 4 is 17.5 Å². The summed E-state index contributed by atoms with van der Waals surface area (Å²) in [7, 11) is 0. The molecule has 1 aromatic rings. The number of anilines is 1. The Balaban J connectivity index is 1.87. The van der Waals surface area contributed by atoms with Gasteiger partial charge in [-0.3, -0.25) is 9.59 Å². The Hall–Kier alpha value is -2.10. The Morgan fingerprint density at radius 1 is 1.19 bits per heavy atom. The van der Waals surface area contributed by atoms with Crippen molar-refractivity contribution in [1.82, 2.24) is 4.90 Å². The fraction of sp³-hybridized carbons (Fsp3) is 0.545. The highest BCUT2D eigenvalue weighted by Gasteiger charge is 2.14. The molecule has 0 heterocycles. The van der Waals surface area contributed by atoms with Crippen LogP contribution in [-0.4, -0.2) is 29.8 Å². The minimum atomic E-state index is -0.0304. The van der Waals surface area contributed by atoms with Gasteiger partial charge in [-0.25, -0.2) is 0 Å². The van der Waals surface area contributed by atoms with Crippen molar-refractivity contribution in [2.24, 2.45) is 0 Å². The summed E-state index contributed by atoms with van der Waals surface area (Å²) in [5.41, 5.74) is 4.59. The summed E-state index contributed by atoms with van der Waals surface area (Å²) < 4.78 is 0. The van der Waals surface area contributed by atoms with Crippen LogP contribution in [0, 0.1) is 6.92 Å². The van der Waals surface area contributed by atoms with Gasteiger partial charge in [-0.1, -0.05) is 36.8 Å². The Kier molecular flexibility index (Phi) is 7.89. The largest absolute Gasteiger partial charge is 0.342 e. The number of aryl methyl sites for hydroxylation is 2. The lowest BCUT2D eigenvalue weighted by molar-refractivity contribution is -0.129. The number of benzene rings is 1. The van der Waals surface area contributed by atoms with E-state index in [2.05, 4.69) is 18.3 Å². The minimum absolute atomic E-state index is 0.0304. The summed E-state index contributed by atoms with van der Waals surface area (Å²) in [6, 6.07) is 6.07. The number of amides is 2. The maximum atomic E-state index is 12.4. The normalized spacial score (nSPS) is 13.9. The smallest absolute Gasteiger partial charge is 0.226 e. The lowest BCUT2D eigenvalue weighted by atomic mass is 9.97. The standard InChI is InChI=1S/C22H32N2O2/c1-4-20-12-8-9-17(2)22(20)23-21(26)14-16-24(18(3)25)15-13-19-10-6-5-7-11-19/h8-10,12H,4-7,11,13-16H2,1-3H3,(H,23,26). The number of para-hydroxylation sites is 1. The Morgan fingerprint density at radius 2 is 2.00 bits per heavy atom. The summed E-state index contributed by atoms with van der Waals surface area (Å²) >= 11 is 0. The molecule has 1 N–H and O–H groups in total. The van der Waals surface area contributed by atoms with Crippen LogP contribution in [0.5, 0.6) is 0 Å². The predicted molar refractivity (Wildman–Crippen MR) is 107 cm³/mol. The molecule has 0 unspecified atom stereocenters. The molecule has 4 nitrogen and oxygen atoms in total. The monoisotopic (exact) mass is 356 g/mol. The second-order valence-corrected chi connectivity index (χ2v) is 7.12. The molecule has 0 spiro atoms. The molecule has 2 amide bonds. The number of hydrogen-bond acceptors (Lipinski definition) is 2. The molecule has 0 atom stereocenters. The third-order valence-corrected chi connectivity index (χ3v) is 5.15. The van der Waals surface area contributed by atoms with Gasteiger partial charge >= 0.3 is 0 Å². The molecule has 0 fully saturated rings. The zero-order valence-electron chi connectivity index (χ0n) is 16.4. The SMILES string of the molecule is CCc1cccc(C)c1NC(=O)CCN(CCC1=CCCCC1)C(C)=O. The van der Waals surface area contributed by atoms with Crippen LogP contribution in [0.25, 0.3) is 0 Å². The number of nitrogens with zero attached hydrogens (tertiary/aromatic N) is 1. The topological polar surface area (TPSA) is 49.4 Å². The quantitative estimate of drug-likeness (QED) is 0.691. The molecule has 26 heavy (non-hydrogen) atoms. The highest BCUT2D eigenvalue weighted by Crippen LogP contribution is 2.22. The maximum Gasteiger partial charge on any atom is 0.226 e. The van der Waals surface area contributed by atoms with E-state index >= 15 is 0 Å². The van der Waals surface area contributed by atoms with Gasteiger partial charge in [0, 0.05) is 32.1 Å². The first-order valence-corrected chi connectivity index (χ1v) is 9.83. The molecule has 0 saturated heterocycles. The molecule has 1 aromatic carbocycles. The zero-order chi connectivity index (χ0) is 18.9. The lowest BCUT2D eigenvalue weighted by Gasteiger charge is -2.23. The van der Waals surface area contributed by atoms with Gasteiger partial charge < -0.3 is 10.2 Å². The van der Waals surface area contributed by atoms with E-state index in [1.54, 1.807) is 11.8 Å². The van der Waals surface area contributed by atoms with Crippen LogP contribution in [-0.2, 0) is 16.0 Å². The maximum absolute atomic E-state index is 12.4. The number of carbonyl (C=O) groups is 2. The van der Waals surface area contributed by atoms with Crippen molar-refractivity contribution in [2.75, 3.05) is 18.4 Å². The van der Waals surface area contributed by atoms with E-state index in [1.165, 1.54) is 18.4 Å². The molecular weight excluding hydrogens is 324 g/mol. The van der Waals surface area contributed by atoms with E-state index < -0.39 is 0 Å². The van der Waals surface area contributed by atoms with Crippen molar-refractivity contribution < 1.29 is 9.59 Å². The van der Waals surface area contributed by atoms with Crippen LogP contribution in [0.1, 0.15) is 63.5 Å². The van der Waals surface area contributed by atoms with Gasteiger partial charge in [0.1, 0.15) is 0 Å². The van der Waals surface area contributed by atoms with Crippen molar-refractivity contribution in [1.29, 1.82) is 0 Å². The van der Waals surface area contributed by atoms with E-state index in [9.17, 15) is 9.59 Å². The van der Waals surface area contributed by atoms with E-state index in [4.69, 9.17) is 0 Å². The molecule has 0 radical (unpaired) electrons. The molecule has 2 rings (SSSR count). The Bertz CT molecular complexity index is 664. The Morgan fingerprint density at radius 3 is 2.65 bits per heavy atom. The van der Waals surface area contributed by atoms with Gasteiger partial charge in [0.2, 0.25) is 11.8 Å². The summed E-state index contributed by atoms with van der Waals surface area (Å²) in [5, 5.41) is 3.04. The van der Waals surface area contributed by atoms with Gasteiger partial charge in [-0.15, -0.1) is 0 Å². The van der Waals surface area contributed by atoms with E-state index in [0.29, 0.717) is 19.5 Å². The number of allylic oxidation sites excluding steroid dienone is 1. The van der Waals surface area contributed by atoms with Crippen molar-refractivity contribution in [3.63, 3.8) is 0 Å². The first-order valence-electron chi connectivity index (χ1n) is 9.83. The fourth-order valence-electron chi connectivity index (χ4n) is 3.48. The third-order valence-electron chi connectivity index (χ3n) is 5.15. The van der Waals surface area contributed by atoms with E-state index in [0.717, 1.165) is 42.5 Å². The minimum Gasteiger partial charge on any atom is -0.342 e. The average molecular weight is 357 g/mol. The number of rotatable bonds is 8. The third kappa shape index (κ3) is 6.01. The van der Waals surface area contributed by atoms with Crippen LogP contribution in [0.2, 0.25) is 0 Å². The van der Waals surface area contributed by atoms with Gasteiger partial charge in [0.05, 0.1) is 0 Å². The number of carbonyl (C=O) groups excluding carboxylic acids is 2. The Labute approximate surface area is 157 Å². The molecule has 4 heteroatoms. The van der Waals surface area contributed by atoms with E-state index in [-0.39, 0.29) is 11.8 Å². The van der Waals surface area contributed by atoms with E-state index in [1.807, 2.05) is 25.1 Å². The molecule has 0 aromatic heterocycles. The van der Waals surface area contributed by atoms with Gasteiger partial charge in [0.25, 0.3) is 0 Å². The highest BCUT2D eigenvalue weighted by molar-refractivity contribution is 5.92. The van der Waals surface area contributed by atoms with Crippen molar-refractivity contribution in [2.45, 2.75) is 65.7 Å². The molecule has 142 valence electrons. The summed E-state index contributed by atoms with van der Waals surface area (Å²) in [6.07, 6.45) is 9.30. The average Bonchev–Trinajstić information content (AvgIpc) is 2.64. The van der Waals surface area contributed by atoms with Gasteiger partial charge in [-0.2, -0.15) is 0 Å². The van der Waals surface area contributed by atoms with Crippen LogP contribution in [0.3, 0.4) is 0 Å². The molecular formula is C22H32N2O2.